The van der Waals surface area contributed by atoms with Crippen LogP contribution in [0.3, 0.4) is 0 Å². The Morgan fingerprint density at radius 2 is 1.89 bits per heavy atom. The fourth-order valence-corrected chi connectivity index (χ4v) is 3.38. The van der Waals surface area contributed by atoms with Crippen LogP contribution in [-0.2, 0) is 10.0 Å². The number of rotatable bonds is 5. The average Bonchev–Trinajstić information content (AvgIpc) is 3.10. The highest BCUT2D eigenvalue weighted by Gasteiger charge is 2.37. The predicted molar refractivity (Wildman–Crippen MR) is 77.7 cm³/mol. The quantitative estimate of drug-likeness (QED) is 0.736. The monoisotopic (exact) mass is 289 g/mol. The lowest BCUT2D eigenvalue weighted by Gasteiger charge is -2.44. The molecule has 2 rings (SSSR count). The number of sulfonamides is 1. The molecule has 1 aliphatic heterocycles. The van der Waals surface area contributed by atoms with Crippen LogP contribution in [0.25, 0.3) is 0 Å². The lowest BCUT2D eigenvalue weighted by molar-refractivity contribution is 0.0405. The maximum Gasteiger partial charge on any atom is 0.211 e. The van der Waals surface area contributed by atoms with Gasteiger partial charge in [-0.2, -0.15) is 0 Å². The first-order valence-corrected chi connectivity index (χ1v) is 9.05. The maximum atomic E-state index is 11.6. The SMILES string of the molecule is CC(C)N1CCN(C2CC2)CC1CN(C)S(C)(=O)=O. The topological polar surface area (TPSA) is 43.9 Å². The van der Waals surface area contributed by atoms with Crippen molar-refractivity contribution in [3.63, 3.8) is 0 Å². The first-order chi connectivity index (χ1) is 8.79. The molecule has 0 aromatic rings. The van der Waals surface area contributed by atoms with Gasteiger partial charge < -0.3 is 0 Å². The lowest BCUT2D eigenvalue weighted by Crippen LogP contribution is -2.59. The van der Waals surface area contributed by atoms with Crippen molar-refractivity contribution in [2.45, 2.75) is 44.8 Å². The van der Waals surface area contributed by atoms with Gasteiger partial charge in [-0.15, -0.1) is 0 Å². The summed E-state index contributed by atoms with van der Waals surface area (Å²) in [6.45, 7) is 8.17. The maximum absolute atomic E-state index is 11.6. The highest BCUT2D eigenvalue weighted by atomic mass is 32.2. The Morgan fingerprint density at radius 3 is 2.37 bits per heavy atom. The van der Waals surface area contributed by atoms with E-state index in [0.717, 1.165) is 25.7 Å². The molecule has 0 spiro atoms. The Bertz CT molecular complexity index is 406. The summed E-state index contributed by atoms with van der Waals surface area (Å²) in [5, 5.41) is 0. The van der Waals surface area contributed by atoms with E-state index in [1.807, 2.05) is 0 Å². The van der Waals surface area contributed by atoms with Crippen molar-refractivity contribution in [3.05, 3.63) is 0 Å². The summed E-state index contributed by atoms with van der Waals surface area (Å²) in [6, 6.07) is 1.55. The molecule has 19 heavy (non-hydrogen) atoms. The van der Waals surface area contributed by atoms with Crippen LogP contribution in [0.2, 0.25) is 0 Å². The molecular weight excluding hydrogens is 262 g/mol. The largest absolute Gasteiger partial charge is 0.298 e. The molecule has 6 heteroatoms. The summed E-state index contributed by atoms with van der Waals surface area (Å²) in [6.07, 6.45) is 3.92. The normalized spacial score (nSPS) is 27.4. The molecule has 1 unspecified atom stereocenters. The number of likely N-dealkylation sites (N-methyl/N-ethyl adjacent to an activating group) is 1. The van der Waals surface area contributed by atoms with Gasteiger partial charge in [0, 0.05) is 51.4 Å². The molecule has 5 nitrogen and oxygen atoms in total. The van der Waals surface area contributed by atoms with Gasteiger partial charge in [-0.1, -0.05) is 0 Å². The number of hydrogen-bond donors (Lipinski definition) is 0. The molecule has 0 radical (unpaired) electrons. The standard InChI is InChI=1S/C13H27N3O2S/c1-11(2)16-8-7-15(12-5-6-12)10-13(16)9-14(3)19(4,17)18/h11-13H,5-10H2,1-4H3. The lowest BCUT2D eigenvalue weighted by atomic mass is 10.1. The van der Waals surface area contributed by atoms with Crippen molar-refractivity contribution in [3.8, 4) is 0 Å². The van der Waals surface area contributed by atoms with E-state index in [9.17, 15) is 8.42 Å². The Balaban J connectivity index is 2.02. The minimum Gasteiger partial charge on any atom is -0.298 e. The molecule has 2 fully saturated rings. The number of hydrogen-bond acceptors (Lipinski definition) is 4. The van der Waals surface area contributed by atoms with E-state index in [4.69, 9.17) is 0 Å². The molecule has 1 atom stereocenters. The second kappa shape index (κ2) is 5.68. The summed E-state index contributed by atoms with van der Waals surface area (Å²) in [5.74, 6) is 0. The summed E-state index contributed by atoms with van der Waals surface area (Å²) >= 11 is 0. The van der Waals surface area contributed by atoms with Gasteiger partial charge in [0.25, 0.3) is 0 Å². The molecule has 0 aromatic heterocycles. The third kappa shape index (κ3) is 3.90. The van der Waals surface area contributed by atoms with Crippen molar-refractivity contribution < 1.29 is 8.42 Å². The minimum absolute atomic E-state index is 0.314. The third-order valence-corrected chi connectivity index (χ3v) is 5.60. The predicted octanol–water partition coefficient (Wildman–Crippen LogP) is 0.435. The fraction of sp³-hybridized carbons (Fsp3) is 1.00. The molecule has 0 amide bonds. The van der Waals surface area contributed by atoms with Gasteiger partial charge in [0.2, 0.25) is 10.0 Å². The van der Waals surface area contributed by atoms with Gasteiger partial charge in [-0.05, 0) is 26.7 Å². The second-order valence-corrected chi connectivity index (χ2v) is 8.34. The molecule has 2 aliphatic rings. The number of nitrogens with zero attached hydrogens (tertiary/aromatic N) is 3. The van der Waals surface area contributed by atoms with Crippen molar-refractivity contribution in [1.29, 1.82) is 0 Å². The van der Waals surface area contributed by atoms with Gasteiger partial charge in [0.1, 0.15) is 0 Å². The van der Waals surface area contributed by atoms with Gasteiger partial charge in [0.05, 0.1) is 6.26 Å². The summed E-state index contributed by atoms with van der Waals surface area (Å²) in [7, 11) is -1.40. The molecule has 1 saturated heterocycles. The van der Waals surface area contributed by atoms with Crippen molar-refractivity contribution in [1.82, 2.24) is 14.1 Å². The van der Waals surface area contributed by atoms with Crippen molar-refractivity contribution >= 4 is 10.0 Å². The summed E-state index contributed by atoms with van der Waals surface area (Å²) in [5.41, 5.74) is 0. The Kier molecular flexibility index (Phi) is 4.55. The molecule has 0 N–H and O–H groups in total. The van der Waals surface area contributed by atoms with Crippen LogP contribution in [0.4, 0.5) is 0 Å². The smallest absolute Gasteiger partial charge is 0.211 e. The first-order valence-electron chi connectivity index (χ1n) is 7.20. The van der Waals surface area contributed by atoms with Gasteiger partial charge in [0.15, 0.2) is 0 Å². The molecule has 1 saturated carbocycles. The molecule has 1 aliphatic carbocycles. The summed E-state index contributed by atoms with van der Waals surface area (Å²) < 4.78 is 24.7. The first kappa shape index (κ1) is 15.2. The minimum atomic E-state index is -3.09. The van der Waals surface area contributed by atoms with E-state index in [1.165, 1.54) is 23.4 Å². The van der Waals surface area contributed by atoms with Crippen LogP contribution in [0.1, 0.15) is 26.7 Å². The average molecular weight is 289 g/mol. The molecule has 0 aromatic carbocycles. The zero-order valence-electron chi connectivity index (χ0n) is 12.5. The zero-order chi connectivity index (χ0) is 14.2. The highest BCUT2D eigenvalue weighted by molar-refractivity contribution is 7.88. The van der Waals surface area contributed by atoms with E-state index in [-0.39, 0.29) is 0 Å². The van der Waals surface area contributed by atoms with E-state index < -0.39 is 10.0 Å². The van der Waals surface area contributed by atoms with Crippen LogP contribution in [-0.4, -0.2) is 80.1 Å². The molecule has 112 valence electrons. The second-order valence-electron chi connectivity index (χ2n) is 6.26. The van der Waals surface area contributed by atoms with E-state index in [2.05, 4.69) is 23.6 Å². The highest BCUT2D eigenvalue weighted by Crippen LogP contribution is 2.29. The summed E-state index contributed by atoms with van der Waals surface area (Å²) in [4.78, 5) is 4.99. The van der Waals surface area contributed by atoms with Crippen LogP contribution in [0.5, 0.6) is 0 Å². The van der Waals surface area contributed by atoms with Crippen LogP contribution in [0.15, 0.2) is 0 Å². The number of piperazine rings is 1. The van der Waals surface area contributed by atoms with Crippen LogP contribution >= 0.6 is 0 Å². The molecule has 1 heterocycles. The van der Waals surface area contributed by atoms with Crippen molar-refractivity contribution in [2.75, 3.05) is 39.5 Å². The third-order valence-electron chi connectivity index (χ3n) is 4.32. The van der Waals surface area contributed by atoms with E-state index in [1.54, 1.807) is 7.05 Å². The Hall–Kier alpha value is -0.170. The van der Waals surface area contributed by atoms with Crippen LogP contribution in [0, 0.1) is 0 Å². The fourth-order valence-electron chi connectivity index (χ4n) is 2.94. The molecule has 0 bridgehead atoms. The Morgan fingerprint density at radius 1 is 1.26 bits per heavy atom. The van der Waals surface area contributed by atoms with E-state index >= 15 is 0 Å². The van der Waals surface area contributed by atoms with Crippen molar-refractivity contribution in [2.24, 2.45) is 0 Å². The van der Waals surface area contributed by atoms with Crippen LogP contribution < -0.4 is 0 Å². The van der Waals surface area contributed by atoms with Gasteiger partial charge in [-0.25, -0.2) is 12.7 Å². The van der Waals surface area contributed by atoms with Gasteiger partial charge in [-0.3, -0.25) is 9.80 Å². The zero-order valence-corrected chi connectivity index (χ0v) is 13.4. The van der Waals surface area contributed by atoms with E-state index in [0.29, 0.717) is 18.6 Å². The van der Waals surface area contributed by atoms with Gasteiger partial charge >= 0.3 is 0 Å². The Labute approximate surface area is 117 Å². The molecular formula is C13H27N3O2S.